The van der Waals surface area contributed by atoms with Crippen LogP contribution in [-0.4, -0.2) is 40.0 Å². The molecule has 2 heterocycles. The van der Waals surface area contributed by atoms with Crippen molar-refractivity contribution in [1.29, 1.82) is 0 Å². The number of aromatic amines is 1. The van der Waals surface area contributed by atoms with Gasteiger partial charge in [0.25, 0.3) is 5.91 Å². The van der Waals surface area contributed by atoms with Crippen LogP contribution in [0.5, 0.6) is 0 Å². The number of nitrogens with one attached hydrogen (secondary N) is 1. The summed E-state index contributed by atoms with van der Waals surface area (Å²) in [5, 5.41) is 10.5. The van der Waals surface area contributed by atoms with Crippen LogP contribution in [-0.2, 0) is 4.79 Å². The number of carbonyl (C=O) groups is 2. The lowest BCUT2D eigenvalue weighted by atomic mass is 9.82. The highest BCUT2D eigenvalue weighted by Gasteiger charge is 2.39. The van der Waals surface area contributed by atoms with Gasteiger partial charge in [0.1, 0.15) is 5.69 Å². The summed E-state index contributed by atoms with van der Waals surface area (Å²) in [6.07, 6.45) is 1.32. The van der Waals surface area contributed by atoms with Gasteiger partial charge in [-0.3, -0.25) is 9.59 Å². The second-order valence-corrected chi connectivity index (χ2v) is 6.85. The molecule has 2 N–H and O–H groups in total. The molecule has 1 aromatic carbocycles. The lowest BCUT2D eigenvalue weighted by molar-refractivity contribution is -0.150. The van der Waals surface area contributed by atoms with E-state index in [9.17, 15) is 14.7 Å². The molecule has 2 aromatic rings. The zero-order valence-corrected chi connectivity index (χ0v) is 13.8. The van der Waals surface area contributed by atoms with E-state index >= 15 is 0 Å². The zero-order valence-electron chi connectivity index (χ0n) is 13.8. The first-order chi connectivity index (χ1) is 10.8. The Morgan fingerprint density at radius 2 is 2.04 bits per heavy atom. The van der Waals surface area contributed by atoms with Crippen LogP contribution >= 0.6 is 0 Å². The molecule has 1 aliphatic rings. The summed E-state index contributed by atoms with van der Waals surface area (Å²) in [5.74, 6) is -0.955. The summed E-state index contributed by atoms with van der Waals surface area (Å²) < 4.78 is 0. The number of hydrogen-bond acceptors (Lipinski definition) is 2. The number of amides is 1. The average molecular weight is 314 g/mol. The van der Waals surface area contributed by atoms with Gasteiger partial charge >= 0.3 is 5.97 Å². The fourth-order valence-corrected chi connectivity index (χ4v) is 3.33. The number of hydrogen-bond donors (Lipinski definition) is 2. The highest BCUT2D eigenvalue weighted by Crippen LogP contribution is 2.31. The minimum atomic E-state index is -0.855. The van der Waals surface area contributed by atoms with Crippen LogP contribution in [0.25, 0.3) is 10.9 Å². The van der Waals surface area contributed by atoms with Crippen LogP contribution in [0.4, 0.5) is 0 Å². The number of rotatable bonds is 2. The number of aromatic nitrogens is 1. The number of aryl methyl sites for hydroxylation is 2. The molecule has 122 valence electrons. The third kappa shape index (κ3) is 2.60. The van der Waals surface area contributed by atoms with Gasteiger partial charge in [-0.15, -0.1) is 0 Å². The Balaban J connectivity index is 1.91. The van der Waals surface area contributed by atoms with Crippen LogP contribution in [0.3, 0.4) is 0 Å². The van der Waals surface area contributed by atoms with Gasteiger partial charge < -0.3 is 15.0 Å². The molecule has 5 heteroatoms. The van der Waals surface area contributed by atoms with E-state index in [4.69, 9.17) is 0 Å². The molecular weight excluding hydrogens is 292 g/mol. The highest BCUT2D eigenvalue weighted by atomic mass is 16.4. The maximum atomic E-state index is 12.8. The van der Waals surface area contributed by atoms with E-state index in [-0.39, 0.29) is 12.5 Å². The SMILES string of the molecule is Cc1ccc2[nH]c(C(=O)N3CCCC(C)(C(=O)O)C3)cc2c1C. The number of piperidine rings is 1. The van der Waals surface area contributed by atoms with E-state index in [1.165, 1.54) is 5.56 Å². The van der Waals surface area contributed by atoms with Crippen LogP contribution in [0.1, 0.15) is 41.4 Å². The Kier molecular flexibility index (Phi) is 3.66. The number of carboxylic acid groups (broad SMARTS) is 1. The van der Waals surface area contributed by atoms with Crippen molar-refractivity contribution in [2.24, 2.45) is 5.41 Å². The fourth-order valence-electron chi connectivity index (χ4n) is 3.33. The van der Waals surface area contributed by atoms with Gasteiger partial charge in [0.2, 0.25) is 0 Å². The molecule has 1 saturated heterocycles. The molecule has 0 radical (unpaired) electrons. The first-order valence-corrected chi connectivity index (χ1v) is 7.93. The minimum Gasteiger partial charge on any atom is -0.481 e. The Morgan fingerprint density at radius 3 is 2.74 bits per heavy atom. The molecule has 0 spiro atoms. The number of carboxylic acids is 1. The molecule has 5 nitrogen and oxygen atoms in total. The molecule has 1 aromatic heterocycles. The molecule has 1 unspecified atom stereocenters. The van der Waals surface area contributed by atoms with E-state index in [1.807, 2.05) is 32.0 Å². The monoisotopic (exact) mass is 314 g/mol. The number of nitrogens with zero attached hydrogens (tertiary/aromatic N) is 1. The first kappa shape index (κ1) is 15.6. The second-order valence-electron chi connectivity index (χ2n) is 6.85. The Morgan fingerprint density at radius 1 is 1.30 bits per heavy atom. The van der Waals surface area contributed by atoms with Gasteiger partial charge in [0, 0.05) is 24.0 Å². The molecule has 0 aliphatic carbocycles. The van der Waals surface area contributed by atoms with Crippen LogP contribution in [0, 0.1) is 19.3 Å². The molecule has 0 bridgehead atoms. The lowest BCUT2D eigenvalue weighted by Gasteiger charge is -2.37. The molecule has 0 saturated carbocycles. The number of aliphatic carboxylic acids is 1. The molecule has 23 heavy (non-hydrogen) atoms. The predicted octanol–water partition coefficient (Wildman–Crippen LogP) is 3.11. The summed E-state index contributed by atoms with van der Waals surface area (Å²) in [5.41, 5.74) is 2.96. The van der Waals surface area contributed by atoms with Crippen molar-refractivity contribution >= 4 is 22.8 Å². The summed E-state index contributed by atoms with van der Waals surface area (Å²) in [7, 11) is 0. The maximum Gasteiger partial charge on any atom is 0.311 e. The summed E-state index contributed by atoms with van der Waals surface area (Å²) in [6, 6.07) is 5.89. The number of H-pyrrole nitrogens is 1. The van der Waals surface area contributed by atoms with Gasteiger partial charge in [0.15, 0.2) is 0 Å². The Labute approximate surface area is 135 Å². The van der Waals surface area contributed by atoms with Crippen molar-refractivity contribution in [2.75, 3.05) is 13.1 Å². The second kappa shape index (κ2) is 5.41. The maximum absolute atomic E-state index is 12.8. The Hall–Kier alpha value is -2.30. The lowest BCUT2D eigenvalue weighted by Crippen LogP contribution is -2.48. The smallest absolute Gasteiger partial charge is 0.311 e. The number of fused-ring (bicyclic) bond motifs is 1. The van der Waals surface area contributed by atoms with Gasteiger partial charge in [0.05, 0.1) is 5.41 Å². The van der Waals surface area contributed by atoms with Crippen molar-refractivity contribution in [3.05, 3.63) is 35.0 Å². The number of likely N-dealkylation sites (tertiary alicyclic amines) is 1. The topological polar surface area (TPSA) is 73.4 Å². The Bertz CT molecular complexity index is 793. The molecule has 3 rings (SSSR count). The highest BCUT2D eigenvalue weighted by molar-refractivity contribution is 5.99. The predicted molar refractivity (Wildman–Crippen MR) is 88.7 cm³/mol. The molecule has 1 aliphatic heterocycles. The van der Waals surface area contributed by atoms with Crippen LogP contribution in [0.2, 0.25) is 0 Å². The van der Waals surface area contributed by atoms with E-state index in [2.05, 4.69) is 4.98 Å². The fraction of sp³-hybridized carbons (Fsp3) is 0.444. The number of carbonyl (C=O) groups excluding carboxylic acids is 1. The molecule has 1 amide bonds. The van der Waals surface area contributed by atoms with Crippen molar-refractivity contribution in [3.63, 3.8) is 0 Å². The van der Waals surface area contributed by atoms with Gasteiger partial charge in [-0.2, -0.15) is 0 Å². The van der Waals surface area contributed by atoms with Crippen molar-refractivity contribution in [3.8, 4) is 0 Å². The van der Waals surface area contributed by atoms with E-state index in [1.54, 1.807) is 11.8 Å². The zero-order chi connectivity index (χ0) is 16.8. The van der Waals surface area contributed by atoms with Crippen molar-refractivity contribution < 1.29 is 14.7 Å². The molecule has 1 fully saturated rings. The molecular formula is C18H22N2O3. The van der Waals surface area contributed by atoms with Crippen molar-refractivity contribution in [1.82, 2.24) is 9.88 Å². The average Bonchev–Trinajstić information content (AvgIpc) is 2.95. The summed E-state index contributed by atoms with van der Waals surface area (Å²) >= 11 is 0. The third-order valence-corrected chi connectivity index (χ3v) is 5.07. The number of benzene rings is 1. The third-order valence-electron chi connectivity index (χ3n) is 5.07. The molecule has 1 atom stereocenters. The quantitative estimate of drug-likeness (QED) is 0.894. The normalized spacial score (nSPS) is 21.6. The standard InChI is InChI=1S/C18H22N2O3/c1-11-5-6-14-13(12(11)2)9-15(19-14)16(21)20-8-4-7-18(3,10-20)17(22)23/h5-6,9,19H,4,7-8,10H2,1-3H3,(H,22,23). The van der Waals surface area contributed by atoms with Crippen LogP contribution in [0.15, 0.2) is 18.2 Å². The van der Waals surface area contributed by atoms with E-state index < -0.39 is 11.4 Å². The largest absolute Gasteiger partial charge is 0.481 e. The van der Waals surface area contributed by atoms with Gasteiger partial charge in [-0.25, -0.2) is 0 Å². The summed E-state index contributed by atoms with van der Waals surface area (Å²) in [4.78, 5) is 29.1. The van der Waals surface area contributed by atoms with Gasteiger partial charge in [-0.1, -0.05) is 6.07 Å². The van der Waals surface area contributed by atoms with Gasteiger partial charge in [-0.05, 0) is 56.9 Å². The van der Waals surface area contributed by atoms with E-state index in [0.717, 1.165) is 16.5 Å². The summed E-state index contributed by atoms with van der Waals surface area (Å²) in [6.45, 7) is 6.67. The van der Waals surface area contributed by atoms with Crippen molar-refractivity contribution in [2.45, 2.75) is 33.6 Å². The minimum absolute atomic E-state index is 0.120. The first-order valence-electron chi connectivity index (χ1n) is 7.93. The van der Waals surface area contributed by atoms with Crippen LogP contribution < -0.4 is 0 Å². The van der Waals surface area contributed by atoms with E-state index in [0.29, 0.717) is 25.1 Å².